The van der Waals surface area contributed by atoms with Gasteiger partial charge in [0.2, 0.25) is 0 Å². The minimum absolute atomic E-state index is 0.0766. The second kappa shape index (κ2) is 6.17. The van der Waals surface area contributed by atoms with Crippen molar-refractivity contribution in [2.45, 2.75) is 26.9 Å². The van der Waals surface area contributed by atoms with Gasteiger partial charge in [-0.05, 0) is 53.8 Å². The number of aryl methyl sites for hydroxylation is 2. The van der Waals surface area contributed by atoms with Crippen molar-refractivity contribution < 1.29 is 4.79 Å². The Kier molecular flexibility index (Phi) is 3.85. The van der Waals surface area contributed by atoms with E-state index in [0.717, 1.165) is 27.9 Å². The standard InChI is InChI=1S/C22H20N2O/c1-15-7-3-4-8-19(15)20-9-5-6-10-21(20)22(25)24-13-17-11-16(2)23-12-18(17)14-24/h3-12H,13-14H2,1-2H3. The van der Waals surface area contributed by atoms with Gasteiger partial charge in [-0.15, -0.1) is 0 Å². The summed E-state index contributed by atoms with van der Waals surface area (Å²) < 4.78 is 0. The van der Waals surface area contributed by atoms with Gasteiger partial charge in [-0.25, -0.2) is 0 Å². The van der Waals surface area contributed by atoms with Crippen LogP contribution in [0.3, 0.4) is 0 Å². The van der Waals surface area contributed by atoms with Crippen molar-refractivity contribution in [2.75, 3.05) is 0 Å². The van der Waals surface area contributed by atoms with Gasteiger partial charge in [0.05, 0.1) is 0 Å². The maximum atomic E-state index is 13.2. The van der Waals surface area contributed by atoms with Crippen LogP contribution in [0.5, 0.6) is 0 Å². The molecule has 4 rings (SSSR count). The van der Waals surface area contributed by atoms with E-state index >= 15 is 0 Å². The highest BCUT2D eigenvalue weighted by molar-refractivity contribution is 6.01. The van der Waals surface area contributed by atoms with Crippen LogP contribution in [0.4, 0.5) is 0 Å². The molecule has 0 spiro atoms. The molecule has 124 valence electrons. The Hall–Kier alpha value is -2.94. The van der Waals surface area contributed by atoms with E-state index in [1.807, 2.05) is 54.4 Å². The molecule has 0 aliphatic carbocycles. The predicted molar refractivity (Wildman–Crippen MR) is 99.2 cm³/mol. The third-order valence-electron chi connectivity index (χ3n) is 4.82. The molecule has 2 heterocycles. The van der Waals surface area contributed by atoms with Gasteiger partial charge in [0.1, 0.15) is 0 Å². The molecule has 1 amide bonds. The third-order valence-corrected chi connectivity index (χ3v) is 4.82. The maximum absolute atomic E-state index is 13.2. The number of carbonyl (C=O) groups is 1. The molecule has 0 saturated heterocycles. The number of benzene rings is 2. The van der Waals surface area contributed by atoms with E-state index in [1.165, 1.54) is 11.1 Å². The molecule has 0 bridgehead atoms. The summed E-state index contributed by atoms with van der Waals surface area (Å²) in [6.45, 7) is 5.35. The number of pyridine rings is 1. The lowest BCUT2D eigenvalue weighted by molar-refractivity contribution is 0.0752. The fourth-order valence-electron chi connectivity index (χ4n) is 3.49. The van der Waals surface area contributed by atoms with E-state index < -0.39 is 0 Å². The largest absolute Gasteiger partial charge is 0.330 e. The number of hydrogen-bond donors (Lipinski definition) is 0. The van der Waals surface area contributed by atoms with Crippen LogP contribution < -0.4 is 0 Å². The Morgan fingerprint density at radius 3 is 2.40 bits per heavy atom. The lowest BCUT2D eigenvalue weighted by atomic mass is 9.95. The highest BCUT2D eigenvalue weighted by atomic mass is 16.2. The van der Waals surface area contributed by atoms with Crippen molar-refractivity contribution in [1.29, 1.82) is 0 Å². The number of hydrogen-bond acceptors (Lipinski definition) is 2. The van der Waals surface area contributed by atoms with E-state index in [1.54, 1.807) is 0 Å². The summed E-state index contributed by atoms with van der Waals surface area (Å²) >= 11 is 0. The van der Waals surface area contributed by atoms with Gasteiger partial charge < -0.3 is 4.90 Å². The lowest BCUT2D eigenvalue weighted by Crippen LogP contribution is -2.25. The molecular weight excluding hydrogens is 308 g/mol. The summed E-state index contributed by atoms with van der Waals surface area (Å²) in [7, 11) is 0. The zero-order chi connectivity index (χ0) is 17.4. The van der Waals surface area contributed by atoms with Crippen molar-refractivity contribution in [3.8, 4) is 11.1 Å². The number of fused-ring (bicyclic) bond motifs is 1. The summed E-state index contributed by atoms with van der Waals surface area (Å²) in [5, 5.41) is 0. The quantitative estimate of drug-likeness (QED) is 0.693. The van der Waals surface area contributed by atoms with Crippen LogP contribution in [-0.2, 0) is 13.1 Å². The molecule has 3 nitrogen and oxygen atoms in total. The van der Waals surface area contributed by atoms with Gasteiger partial charge in [-0.3, -0.25) is 9.78 Å². The second-order valence-corrected chi connectivity index (χ2v) is 6.62. The number of rotatable bonds is 2. The molecule has 1 aliphatic rings. The Morgan fingerprint density at radius 1 is 0.920 bits per heavy atom. The van der Waals surface area contributed by atoms with Crippen molar-refractivity contribution in [3.05, 3.63) is 88.7 Å². The van der Waals surface area contributed by atoms with Crippen molar-refractivity contribution in [3.63, 3.8) is 0 Å². The smallest absolute Gasteiger partial charge is 0.255 e. The van der Waals surface area contributed by atoms with E-state index in [-0.39, 0.29) is 5.91 Å². The van der Waals surface area contributed by atoms with Crippen molar-refractivity contribution in [1.82, 2.24) is 9.88 Å². The molecule has 2 aromatic carbocycles. The second-order valence-electron chi connectivity index (χ2n) is 6.62. The molecule has 0 radical (unpaired) electrons. The molecule has 0 atom stereocenters. The van der Waals surface area contributed by atoms with Gasteiger partial charge in [-0.2, -0.15) is 0 Å². The first-order valence-electron chi connectivity index (χ1n) is 8.52. The molecule has 0 saturated carbocycles. The van der Waals surface area contributed by atoms with Gasteiger partial charge in [-0.1, -0.05) is 42.5 Å². The van der Waals surface area contributed by atoms with E-state index in [9.17, 15) is 4.79 Å². The molecule has 25 heavy (non-hydrogen) atoms. The summed E-state index contributed by atoms with van der Waals surface area (Å²) in [5.74, 6) is 0.0766. The Labute approximate surface area is 148 Å². The van der Waals surface area contributed by atoms with E-state index in [0.29, 0.717) is 13.1 Å². The summed E-state index contributed by atoms with van der Waals surface area (Å²) in [5.41, 5.74) is 7.38. The van der Waals surface area contributed by atoms with Gasteiger partial charge in [0.25, 0.3) is 5.91 Å². The van der Waals surface area contributed by atoms with Crippen LogP contribution >= 0.6 is 0 Å². The molecule has 3 heteroatoms. The van der Waals surface area contributed by atoms with Crippen LogP contribution in [0.15, 0.2) is 60.8 Å². The van der Waals surface area contributed by atoms with Crippen LogP contribution in [0.1, 0.15) is 32.7 Å². The highest BCUT2D eigenvalue weighted by Crippen LogP contribution is 2.30. The fraction of sp³-hybridized carbons (Fsp3) is 0.182. The molecular formula is C22H20N2O. The summed E-state index contributed by atoms with van der Waals surface area (Å²) in [6, 6.07) is 18.2. The Bertz CT molecular complexity index is 962. The minimum atomic E-state index is 0.0766. The lowest BCUT2D eigenvalue weighted by Gasteiger charge is -2.18. The zero-order valence-electron chi connectivity index (χ0n) is 14.5. The first-order valence-corrected chi connectivity index (χ1v) is 8.52. The molecule has 1 aliphatic heterocycles. The number of carbonyl (C=O) groups excluding carboxylic acids is 1. The number of nitrogens with zero attached hydrogens (tertiary/aromatic N) is 2. The molecule has 0 unspecified atom stereocenters. The molecule has 0 N–H and O–H groups in total. The third kappa shape index (κ3) is 2.82. The Morgan fingerprint density at radius 2 is 1.60 bits per heavy atom. The average Bonchev–Trinajstić information content (AvgIpc) is 3.05. The van der Waals surface area contributed by atoms with Crippen molar-refractivity contribution in [2.24, 2.45) is 0 Å². The molecule has 0 fully saturated rings. The minimum Gasteiger partial charge on any atom is -0.330 e. The maximum Gasteiger partial charge on any atom is 0.255 e. The molecule has 1 aromatic heterocycles. The Balaban J connectivity index is 1.70. The number of amides is 1. The van der Waals surface area contributed by atoms with Crippen LogP contribution in [0, 0.1) is 13.8 Å². The van der Waals surface area contributed by atoms with E-state index in [2.05, 4.69) is 30.1 Å². The van der Waals surface area contributed by atoms with Crippen LogP contribution in [0.2, 0.25) is 0 Å². The van der Waals surface area contributed by atoms with Crippen LogP contribution in [-0.4, -0.2) is 15.8 Å². The van der Waals surface area contributed by atoms with Gasteiger partial charge in [0, 0.05) is 30.5 Å². The van der Waals surface area contributed by atoms with Gasteiger partial charge >= 0.3 is 0 Å². The zero-order valence-corrected chi connectivity index (χ0v) is 14.5. The highest BCUT2D eigenvalue weighted by Gasteiger charge is 2.26. The summed E-state index contributed by atoms with van der Waals surface area (Å²) in [6.07, 6.45) is 1.89. The number of aromatic nitrogens is 1. The monoisotopic (exact) mass is 328 g/mol. The summed E-state index contributed by atoms with van der Waals surface area (Å²) in [4.78, 5) is 19.5. The van der Waals surface area contributed by atoms with Crippen molar-refractivity contribution >= 4 is 5.91 Å². The normalized spacial score (nSPS) is 13.0. The molecule has 3 aromatic rings. The first kappa shape index (κ1) is 15.6. The van der Waals surface area contributed by atoms with Gasteiger partial charge in [0.15, 0.2) is 0 Å². The predicted octanol–water partition coefficient (Wildman–Crippen LogP) is 4.52. The fourth-order valence-corrected chi connectivity index (χ4v) is 3.49. The van der Waals surface area contributed by atoms with Crippen LogP contribution in [0.25, 0.3) is 11.1 Å². The average molecular weight is 328 g/mol. The first-order chi connectivity index (χ1) is 12.1. The van der Waals surface area contributed by atoms with E-state index in [4.69, 9.17) is 0 Å². The topological polar surface area (TPSA) is 33.2 Å². The SMILES string of the molecule is Cc1cc2c(cn1)CN(C(=O)c1ccccc1-c1ccccc1C)C2.